The van der Waals surface area contributed by atoms with E-state index >= 15 is 0 Å². The second kappa shape index (κ2) is 11.5. The first-order valence-electron chi connectivity index (χ1n) is 12.4. The second-order valence-corrected chi connectivity index (χ2v) is 9.06. The van der Waals surface area contributed by atoms with Gasteiger partial charge in [0.25, 0.3) is 0 Å². The Labute approximate surface area is 239 Å². The molecule has 0 saturated heterocycles. The Kier molecular flexibility index (Phi) is 7.81. The Bertz CT molecular complexity index is 1750. The van der Waals surface area contributed by atoms with E-state index in [1.54, 1.807) is 54.6 Å². The topological polar surface area (TPSA) is 86.5 Å². The average Bonchev–Trinajstić information content (AvgIpc) is 3.43. The summed E-state index contributed by atoms with van der Waals surface area (Å²) in [4.78, 5) is 15.7. The lowest BCUT2D eigenvalue weighted by atomic mass is 10.0. The fraction of sp³-hybridized carbons (Fsp3) is 0.100. The van der Waals surface area contributed by atoms with E-state index in [-0.39, 0.29) is 23.9 Å². The number of carbonyl (C=O) groups is 1. The second-order valence-electron chi connectivity index (χ2n) is 9.06. The maximum atomic E-state index is 13.7. The number of pyridine rings is 1. The number of hydrogen-bond donors (Lipinski definition) is 1. The van der Waals surface area contributed by atoms with Gasteiger partial charge in [-0.25, -0.2) is 14.5 Å². The summed E-state index contributed by atoms with van der Waals surface area (Å²) in [6, 6.07) is 23.7. The summed E-state index contributed by atoms with van der Waals surface area (Å²) in [5.74, 6) is -1.94. The van der Waals surface area contributed by atoms with Crippen molar-refractivity contribution < 1.29 is 45.7 Å². The van der Waals surface area contributed by atoms with E-state index in [1.165, 1.54) is 36.4 Å². The van der Waals surface area contributed by atoms with E-state index in [0.29, 0.717) is 27.8 Å². The molecule has 0 bridgehead atoms. The fourth-order valence-corrected chi connectivity index (χ4v) is 4.25. The summed E-state index contributed by atoms with van der Waals surface area (Å²) in [6.07, 6.45) is -9.15. The largest absolute Gasteiger partial charge is 0.573 e. The van der Waals surface area contributed by atoms with Crippen LogP contribution in [0.2, 0.25) is 0 Å². The van der Waals surface area contributed by atoms with Crippen LogP contribution in [0, 0.1) is 0 Å². The molecule has 0 amide bonds. The summed E-state index contributed by atoms with van der Waals surface area (Å²) >= 11 is 0. The lowest BCUT2D eigenvalue weighted by Crippen LogP contribution is -2.18. The molecule has 0 saturated carbocycles. The number of aromatic carboxylic acids is 1. The predicted molar refractivity (Wildman–Crippen MR) is 142 cm³/mol. The molecule has 1 N–H and O–H groups in total. The smallest absolute Gasteiger partial charge is 0.488 e. The number of hydrogen-bond acceptors (Lipinski definition) is 5. The van der Waals surface area contributed by atoms with Crippen molar-refractivity contribution in [2.75, 3.05) is 0 Å². The summed E-state index contributed by atoms with van der Waals surface area (Å²) in [5, 5.41) is 12.8. The zero-order valence-electron chi connectivity index (χ0n) is 21.7. The summed E-state index contributed by atoms with van der Waals surface area (Å²) in [5.41, 5.74) is 0.490. The summed E-state index contributed by atoms with van der Waals surface area (Å²) in [7, 11) is 0. The molecule has 0 aliphatic carbocycles. The standard InChI is InChI=1S/C30H19F6N3O4/c31-29(32,33)27-23(28(40)41)16-37-39(27)26-7-3-5-24(38-26)22-4-1-2-6-25(22)42-17-18-8-10-19(11-9-18)20-12-14-21(15-13-20)43-30(34,35)36/h1-16H,17H2,(H,40,41). The van der Waals surface area contributed by atoms with Crippen molar-refractivity contribution in [3.05, 3.63) is 114 Å². The number of carboxylic acids is 1. The highest BCUT2D eigenvalue weighted by Crippen LogP contribution is 2.35. The molecule has 220 valence electrons. The maximum Gasteiger partial charge on any atom is 0.573 e. The third kappa shape index (κ3) is 6.77. The average molecular weight is 599 g/mol. The number of benzene rings is 3. The normalized spacial score (nSPS) is 11.8. The maximum absolute atomic E-state index is 13.7. The van der Waals surface area contributed by atoms with Gasteiger partial charge in [0, 0.05) is 5.56 Å². The van der Waals surface area contributed by atoms with Crippen LogP contribution in [0.3, 0.4) is 0 Å². The van der Waals surface area contributed by atoms with Gasteiger partial charge in [0.05, 0.1) is 11.9 Å². The van der Waals surface area contributed by atoms with Gasteiger partial charge in [-0.3, -0.25) is 0 Å². The number of para-hydroxylation sites is 1. The molecule has 0 spiro atoms. The van der Waals surface area contributed by atoms with Crippen molar-refractivity contribution >= 4 is 5.97 Å². The number of ether oxygens (including phenoxy) is 2. The number of halogens is 6. The minimum absolute atomic E-state index is 0.120. The molecule has 2 heterocycles. The SMILES string of the molecule is O=C(O)c1cnn(-c2cccc(-c3ccccc3OCc3ccc(-c4ccc(OC(F)(F)F)cc4)cc3)n2)c1C(F)(F)F. The first kappa shape index (κ1) is 29.2. The number of aromatic nitrogens is 3. The molecular weight excluding hydrogens is 580 g/mol. The molecule has 5 aromatic rings. The molecule has 0 fully saturated rings. The minimum Gasteiger partial charge on any atom is -0.488 e. The summed E-state index contributed by atoms with van der Waals surface area (Å²) < 4.78 is 88.7. The van der Waals surface area contributed by atoms with Crippen molar-refractivity contribution in [3.63, 3.8) is 0 Å². The van der Waals surface area contributed by atoms with Crippen molar-refractivity contribution in [2.24, 2.45) is 0 Å². The van der Waals surface area contributed by atoms with Crippen LogP contribution in [0.4, 0.5) is 26.3 Å². The molecule has 2 aromatic heterocycles. The first-order chi connectivity index (χ1) is 20.4. The van der Waals surface area contributed by atoms with Crippen LogP contribution in [0.5, 0.6) is 11.5 Å². The Balaban J connectivity index is 1.34. The monoisotopic (exact) mass is 599 g/mol. The van der Waals surface area contributed by atoms with Crippen molar-refractivity contribution in [3.8, 4) is 39.7 Å². The van der Waals surface area contributed by atoms with Crippen LogP contribution in [0.1, 0.15) is 21.6 Å². The van der Waals surface area contributed by atoms with Crippen LogP contribution < -0.4 is 9.47 Å². The molecular formula is C30H19F6N3O4. The van der Waals surface area contributed by atoms with Crippen LogP contribution in [0.15, 0.2) is 97.2 Å². The molecule has 0 aliphatic rings. The number of rotatable bonds is 8. The van der Waals surface area contributed by atoms with E-state index in [9.17, 15) is 36.2 Å². The molecule has 5 rings (SSSR count). The van der Waals surface area contributed by atoms with E-state index < -0.39 is 29.8 Å². The van der Waals surface area contributed by atoms with Gasteiger partial charge in [-0.15, -0.1) is 13.2 Å². The third-order valence-corrected chi connectivity index (χ3v) is 6.15. The molecule has 43 heavy (non-hydrogen) atoms. The van der Waals surface area contributed by atoms with E-state index in [1.807, 2.05) is 0 Å². The van der Waals surface area contributed by atoms with Gasteiger partial charge >= 0.3 is 18.5 Å². The third-order valence-electron chi connectivity index (χ3n) is 6.15. The van der Waals surface area contributed by atoms with Gasteiger partial charge in [-0.05, 0) is 53.1 Å². The minimum atomic E-state index is -5.00. The van der Waals surface area contributed by atoms with E-state index in [0.717, 1.165) is 11.1 Å². The van der Waals surface area contributed by atoms with Crippen LogP contribution in [-0.4, -0.2) is 32.2 Å². The first-order valence-corrected chi connectivity index (χ1v) is 12.4. The summed E-state index contributed by atoms with van der Waals surface area (Å²) in [6.45, 7) is 0.120. The Morgan fingerprint density at radius 1 is 0.814 bits per heavy atom. The Morgan fingerprint density at radius 2 is 1.47 bits per heavy atom. The Hall–Kier alpha value is -5.33. The quantitative estimate of drug-likeness (QED) is 0.183. The Morgan fingerprint density at radius 3 is 2.09 bits per heavy atom. The fourth-order valence-electron chi connectivity index (χ4n) is 4.25. The van der Waals surface area contributed by atoms with Gasteiger partial charge in [0.15, 0.2) is 11.5 Å². The van der Waals surface area contributed by atoms with Gasteiger partial charge in [0.1, 0.15) is 23.7 Å². The lowest BCUT2D eigenvalue weighted by molar-refractivity contribution is -0.274. The molecule has 0 unspecified atom stereocenters. The lowest BCUT2D eigenvalue weighted by Gasteiger charge is -2.14. The molecule has 13 heteroatoms. The molecule has 3 aromatic carbocycles. The number of nitrogens with zero attached hydrogens (tertiary/aromatic N) is 3. The van der Waals surface area contributed by atoms with Crippen molar-refractivity contribution in [1.82, 2.24) is 14.8 Å². The zero-order valence-corrected chi connectivity index (χ0v) is 21.7. The predicted octanol–water partition coefficient (Wildman–Crippen LogP) is 7.80. The van der Waals surface area contributed by atoms with Gasteiger partial charge in [-0.1, -0.05) is 54.6 Å². The highest BCUT2D eigenvalue weighted by molar-refractivity contribution is 5.89. The van der Waals surface area contributed by atoms with Gasteiger partial charge in [-0.2, -0.15) is 18.3 Å². The van der Waals surface area contributed by atoms with Gasteiger partial charge < -0.3 is 14.6 Å². The van der Waals surface area contributed by atoms with Crippen LogP contribution >= 0.6 is 0 Å². The molecule has 7 nitrogen and oxygen atoms in total. The highest BCUT2D eigenvalue weighted by atomic mass is 19.4. The van der Waals surface area contributed by atoms with Crippen LogP contribution in [0.25, 0.3) is 28.2 Å². The zero-order chi connectivity index (χ0) is 30.8. The van der Waals surface area contributed by atoms with E-state index in [4.69, 9.17) is 4.74 Å². The molecule has 0 radical (unpaired) electrons. The van der Waals surface area contributed by atoms with Crippen molar-refractivity contribution in [2.45, 2.75) is 19.1 Å². The molecule has 0 atom stereocenters. The highest BCUT2D eigenvalue weighted by Gasteiger charge is 2.41. The van der Waals surface area contributed by atoms with Crippen molar-refractivity contribution in [1.29, 1.82) is 0 Å². The molecule has 0 aliphatic heterocycles. The van der Waals surface area contributed by atoms with Gasteiger partial charge in [0.2, 0.25) is 0 Å². The number of alkyl halides is 6. The van der Waals surface area contributed by atoms with E-state index in [2.05, 4.69) is 14.8 Å². The van der Waals surface area contributed by atoms with Crippen LogP contribution in [-0.2, 0) is 12.8 Å². The number of carboxylic acid groups (broad SMARTS) is 1.